The molecule has 0 bridgehead atoms. The Kier molecular flexibility index (Phi) is 6.34. The number of ether oxygens (including phenoxy) is 1. The van der Waals surface area contributed by atoms with E-state index in [1.807, 2.05) is 25.0 Å². The van der Waals surface area contributed by atoms with Gasteiger partial charge in [0.2, 0.25) is 0 Å². The van der Waals surface area contributed by atoms with Crippen molar-refractivity contribution in [3.05, 3.63) is 24.0 Å². The van der Waals surface area contributed by atoms with Crippen molar-refractivity contribution in [3.8, 4) is 5.75 Å². The summed E-state index contributed by atoms with van der Waals surface area (Å²) < 4.78 is 5.68. The number of hydrogen-bond acceptors (Lipinski definition) is 5. The van der Waals surface area contributed by atoms with Gasteiger partial charge in [-0.1, -0.05) is 6.92 Å². The van der Waals surface area contributed by atoms with Crippen LogP contribution in [0.5, 0.6) is 5.75 Å². The summed E-state index contributed by atoms with van der Waals surface area (Å²) in [6, 6.07) is 2.49. The third kappa shape index (κ3) is 4.29. The van der Waals surface area contributed by atoms with Gasteiger partial charge in [-0.15, -0.1) is 0 Å². The van der Waals surface area contributed by atoms with Gasteiger partial charge in [0, 0.05) is 34.7 Å². The standard InChI is InChI=1S/C14H22N2OS2/c1-3-4-17-12-7-11(8-16-9-12)14(15-2)13-10-18-5-6-19-13/h7-9,13-15H,3-6,10H2,1-2H3. The molecule has 0 radical (unpaired) electrons. The number of aromatic nitrogens is 1. The molecule has 5 heteroatoms. The Bertz CT molecular complexity index is 383. The minimum atomic E-state index is 0.357. The van der Waals surface area contributed by atoms with Crippen LogP contribution in [0.4, 0.5) is 0 Å². The van der Waals surface area contributed by atoms with Crippen molar-refractivity contribution in [1.82, 2.24) is 10.3 Å². The molecule has 1 aliphatic heterocycles. The predicted molar refractivity (Wildman–Crippen MR) is 85.4 cm³/mol. The van der Waals surface area contributed by atoms with E-state index in [0.29, 0.717) is 11.3 Å². The molecule has 106 valence electrons. The molecule has 1 aromatic heterocycles. The summed E-state index contributed by atoms with van der Waals surface area (Å²) in [5.74, 6) is 4.60. The zero-order valence-electron chi connectivity index (χ0n) is 11.6. The number of nitrogens with zero attached hydrogens (tertiary/aromatic N) is 1. The Labute approximate surface area is 124 Å². The first kappa shape index (κ1) is 15.0. The fourth-order valence-corrected chi connectivity index (χ4v) is 5.08. The van der Waals surface area contributed by atoms with Gasteiger partial charge in [0.1, 0.15) is 5.75 Å². The van der Waals surface area contributed by atoms with Gasteiger partial charge < -0.3 is 10.1 Å². The lowest BCUT2D eigenvalue weighted by Gasteiger charge is -2.29. The maximum absolute atomic E-state index is 5.68. The molecule has 0 aliphatic carbocycles. The van der Waals surface area contributed by atoms with Crippen LogP contribution in [-0.4, -0.2) is 41.1 Å². The first-order valence-corrected chi connectivity index (χ1v) is 9.00. The summed E-state index contributed by atoms with van der Waals surface area (Å²) in [5.41, 5.74) is 1.23. The summed E-state index contributed by atoms with van der Waals surface area (Å²) in [6.45, 7) is 2.87. The summed E-state index contributed by atoms with van der Waals surface area (Å²) in [5, 5.41) is 4.06. The van der Waals surface area contributed by atoms with Gasteiger partial charge >= 0.3 is 0 Å². The number of rotatable bonds is 6. The molecule has 19 heavy (non-hydrogen) atoms. The van der Waals surface area contributed by atoms with Crippen molar-refractivity contribution < 1.29 is 4.74 Å². The van der Waals surface area contributed by atoms with Crippen LogP contribution in [0.15, 0.2) is 18.5 Å². The molecule has 0 saturated carbocycles. The van der Waals surface area contributed by atoms with Crippen LogP contribution in [0.1, 0.15) is 24.9 Å². The normalized spacial score (nSPS) is 21.1. The van der Waals surface area contributed by atoms with Crippen molar-refractivity contribution in [1.29, 1.82) is 0 Å². The summed E-state index contributed by atoms with van der Waals surface area (Å²) in [4.78, 5) is 4.32. The van der Waals surface area contributed by atoms with Crippen molar-refractivity contribution in [2.45, 2.75) is 24.6 Å². The maximum atomic E-state index is 5.68. The van der Waals surface area contributed by atoms with E-state index in [0.717, 1.165) is 18.8 Å². The van der Waals surface area contributed by atoms with Crippen molar-refractivity contribution in [2.75, 3.05) is 30.9 Å². The number of nitrogens with one attached hydrogen (secondary N) is 1. The molecule has 2 rings (SSSR count). The van der Waals surface area contributed by atoms with Gasteiger partial charge in [-0.3, -0.25) is 4.98 Å². The first-order valence-electron chi connectivity index (χ1n) is 6.79. The molecule has 0 spiro atoms. The Morgan fingerprint density at radius 2 is 2.37 bits per heavy atom. The summed E-state index contributed by atoms with van der Waals surface area (Å²) in [6.07, 6.45) is 4.78. The number of pyridine rings is 1. The molecule has 2 unspecified atom stereocenters. The van der Waals surface area contributed by atoms with Crippen LogP contribution in [-0.2, 0) is 0 Å². The third-order valence-electron chi connectivity index (χ3n) is 3.09. The average Bonchev–Trinajstić information content (AvgIpc) is 2.47. The van der Waals surface area contributed by atoms with Gasteiger partial charge in [0.25, 0.3) is 0 Å². The van der Waals surface area contributed by atoms with E-state index in [-0.39, 0.29) is 0 Å². The molecule has 1 N–H and O–H groups in total. The minimum Gasteiger partial charge on any atom is -0.492 e. The Morgan fingerprint density at radius 3 is 3.05 bits per heavy atom. The molecule has 1 saturated heterocycles. The summed E-state index contributed by atoms with van der Waals surface area (Å²) in [7, 11) is 2.03. The molecule has 1 aliphatic rings. The van der Waals surface area contributed by atoms with Crippen LogP contribution in [0, 0.1) is 0 Å². The molecule has 3 nitrogen and oxygen atoms in total. The predicted octanol–water partition coefficient (Wildman–Crippen LogP) is 2.98. The van der Waals surface area contributed by atoms with E-state index in [1.54, 1.807) is 6.20 Å². The molecular formula is C14H22N2OS2. The topological polar surface area (TPSA) is 34.1 Å². The Balaban J connectivity index is 2.08. The van der Waals surface area contributed by atoms with E-state index in [2.05, 4.69) is 35.1 Å². The largest absolute Gasteiger partial charge is 0.492 e. The lowest BCUT2D eigenvalue weighted by atomic mass is 10.1. The highest BCUT2D eigenvalue weighted by molar-refractivity contribution is 8.06. The minimum absolute atomic E-state index is 0.357. The van der Waals surface area contributed by atoms with Crippen LogP contribution in [0.25, 0.3) is 0 Å². The van der Waals surface area contributed by atoms with E-state index >= 15 is 0 Å². The smallest absolute Gasteiger partial charge is 0.137 e. The zero-order chi connectivity index (χ0) is 13.5. The Hall–Kier alpha value is -0.390. The highest BCUT2D eigenvalue weighted by atomic mass is 32.2. The fraction of sp³-hybridized carbons (Fsp3) is 0.643. The van der Waals surface area contributed by atoms with Crippen LogP contribution in [0.3, 0.4) is 0 Å². The molecule has 2 atom stereocenters. The second-order valence-corrected chi connectivity index (χ2v) is 7.05. The zero-order valence-corrected chi connectivity index (χ0v) is 13.2. The molecule has 1 aromatic rings. The first-order chi connectivity index (χ1) is 9.35. The van der Waals surface area contributed by atoms with Gasteiger partial charge in [-0.2, -0.15) is 23.5 Å². The fourth-order valence-electron chi connectivity index (χ4n) is 2.17. The highest BCUT2D eigenvalue weighted by Gasteiger charge is 2.25. The highest BCUT2D eigenvalue weighted by Crippen LogP contribution is 2.34. The second-order valence-electron chi connectivity index (χ2n) is 4.55. The molecule has 0 aromatic carbocycles. The van der Waals surface area contributed by atoms with Crippen molar-refractivity contribution >= 4 is 23.5 Å². The number of thioether (sulfide) groups is 2. The van der Waals surface area contributed by atoms with E-state index in [4.69, 9.17) is 4.74 Å². The lowest BCUT2D eigenvalue weighted by molar-refractivity contribution is 0.315. The third-order valence-corrected chi connectivity index (χ3v) is 5.95. The maximum Gasteiger partial charge on any atom is 0.137 e. The lowest BCUT2D eigenvalue weighted by Crippen LogP contribution is -2.31. The van der Waals surface area contributed by atoms with Crippen molar-refractivity contribution in [2.24, 2.45) is 0 Å². The monoisotopic (exact) mass is 298 g/mol. The van der Waals surface area contributed by atoms with Gasteiger partial charge in [-0.05, 0) is 25.1 Å². The molecule has 0 amide bonds. The van der Waals surface area contributed by atoms with E-state index < -0.39 is 0 Å². The molecule has 1 fully saturated rings. The number of hydrogen-bond donors (Lipinski definition) is 1. The van der Waals surface area contributed by atoms with Gasteiger partial charge in [0.15, 0.2) is 0 Å². The Morgan fingerprint density at radius 1 is 1.47 bits per heavy atom. The van der Waals surface area contributed by atoms with Gasteiger partial charge in [0.05, 0.1) is 12.8 Å². The molecular weight excluding hydrogens is 276 g/mol. The van der Waals surface area contributed by atoms with E-state index in [1.165, 1.54) is 22.8 Å². The second kappa shape index (κ2) is 8.02. The van der Waals surface area contributed by atoms with Crippen LogP contribution in [0.2, 0.25) is 0 Å². The summed E-state index contributed by atoms with van der Waals surface area (Å²) >= 11 is 4.11. The quantitative estimate of drug-likeness (QED) is 0.873. The van der Waals surface area contributed by atoms with Crippen LogP contribution < -0.4 is 10.1 Å². The average molecular weight is 298 g/mol. The van der Waals surface area contributed by atoms with E-state index in [9.17, 15) is 0 Å². The van der Waals surface area contributed by atoms with Gasteiger partial charge in [-0.25, -0.2) is 0 Å². The molecule has 2 heterocycles. The van der Waals surface area contributed by atoms with Crippen molar-refractivity contribution in [3.63, 3.8) is 0 Å². The van der Waals surface area contributed by atoms with Crippen LogP contribution >= 0.6 is 23.5 Å². The SMILES string of the molecule is CCCOc1cncc(C(NC)C2CSCCS2)c1.